The summed E-state index contributed by atoms with van der Waals surface area (Å²) in [5, 5.41) is 1.81. The normalized spacial score (nSPS) is 33.7. The van der Waals surface area contributed by atoms with Crippen molar-refractivity contribution in [1.82, 2.24) is 0 Å². The molecule has 0 radical (unpaired) electrons. The number of carbonyl (C=O) groups is 1. The summed E-state index contributed by atoms with van der Waals surface area (Å²) in [5.41, 5.74) is 1.51. The lowest BCUT2D eigenvalue weighted by molar-refractivity contribution is -0.288. The number of hydrogen-bond acceptors (Lipinski definition) is 6. The minimum absolute atomic E-state index is 0.188. The molecule has 1 aromatic carbocycles. The highest BCUT2D eigenvalue weighted by Gasteiger charge is 2.46. The smallest absolute Gasteiger partial charge is 0.222 e. The molecule has 0 bridgehead atoms. The van der Waals surface area contributed by atoms with Crippen LogP contribution in [0.2, 0.25) is 0 Å². The number of hydrogen-bond donors (Lipinski definition) is 0. The first-order chi connectivity index (χ1) is 10.7. The van der Waals surface area contributed by atoms with Crippen LogP contribution in [0.3, 0.4) is 0 Å². The van der Waals surface area contributed by atoms with Crippen LogP contribution in [-0.2, 0) is 23.7 Å². The van der Waals surface area contributed by atoms with E-state index in [0.29, 0.717) is 12.2 Å². The van der Waals surface area contributed by atoms with Crippen molar-refractivity contribution >= 4 is 17.5 Å². The standard InChI is InChI=1S/C16H18O5S/c1-18-16-13(17)11(9-22-2)14-12(20-16)8-19-15(21-14)10-6-4-3-5-7-10/h3-7,9,12,14-16H,8H2,1-2H3/b11-9+/t12-,14+,15?,16+/m1/s1. The van der Waals surface area contributed by atoms with Crippen molar-refractivity contribution in [2.45, 2.75) is 24.8 Å². The van der Waals surface area contributed by atoms with Gasteiger partial charge in [0.05, 0.1) is 6.61 Å². The van der Waals surface area contributed by atoms with E-state index in [-0.39, 0.29) is 11.9 Å². The molecule has 6 heteroatoms. The van der Waals surface area contributed by atoms with Gasteiger partial charge in [-0.1, -0.05) is 30.3 Å². The molecule has 5 nitrogen and oxygen atoms in total. The molecule has 2 aliphatic rings. The lowest BCUT2D eigenvalue weighted by Crippen LogP contribution is -2.53. The Kier molecular flexibility index (Phi) is 4.95. The van der Waals surface area contributed by atoms with Crippen LogP contribution >= 0.6 is 11.8 Å². The molecule has 1 unspecified atom stereocenters. The fourth-order valence-corrected chi connectivity index (χ4v) is 3.11. The van der Waals surface area contributed by atoms with Gasteiger partial charge in [-0.2, -0.15) is 0 Å². The third kappa shape index (κ3) is 2.98. The van der Waals surface area contributed by atoms with E-state index in [1.165, 1.54) is 18.9 Å². The molecule has 0 aromatic heterocycles. The molecule has 22 heavy (non-hydrogen) atoms. The molecule has 4 atom stereocenters. The predicted octanol–water partition coefficient (Wildman–Crippen LogP) is 2.29. The van der Waals surface area contributed by atoms with Crippen LogP contribution in [0.5, 0.6) is 0 Å². The monoisotopic (exact) mass is 322 g/mol. The van der Waals surface area contributed by atoms with Gasteiger partial charge < -0.3 is 18.9 Å². The Labute approximate surface area is 133 Å². The summed E-state index contributed by atoms with van der Waals surface area (Å²) in [6.45, 7) is 0.350. The van der Waals surface area contributed by atoms with E-state index >= 15 is 0 Å². The molecule has 0 N–H and O–H groups in total. The first-order valence-electron chi connectivity index (χ1n) is 7.02. The minimum atomic E-state index is -0.889. The number of rotatable bonds is 3. The van der Waals surface area contributed by atoms with Crippen molar-refractivity contribution in [3.05, 3.63) is 46.9 Å². The van der Waals surface area contributed by atoms with Gasteiger partial charge in [-0.05, 0) is 11.7 Å². The highest BCUT2D eigenvalue weighted by Crippen LogP contribution is 2.35. The van der Waals surface area contributed by atoms with E-state index in [4.69, 9.17) is 18.9 Å². The molecule has 0 amide bonds. The van der Waals surface area contributed by atoms with Crippen LogP contribution in [0.1, 0.15) is 11.9 Å². The number of ketones is 1. The van der Waals surface area contributed by atoms with E-state index in [2.05, 4.69) is 0 Å². The number of fused-ring (bicyclic) bond motifs is 1. The molecule has 1 aromatic rings. The average molecular weight is 322 g/mol. The SMILES string of the molecule is CO[C@H]1O[C@@H]2COC(c3ccccc3)O[C@H]2/C(=C/SC)C1=O. The topological polar surface area (TPSA) is 54.0 Å². The highest BCUT2D eigenvalue weighted by atomic mass is 32.2. The molecule has 0 spiro atoms. The van der Waals surface area contributed by atoms with E-state index in [0.717, 1.165) is 5.56 Å². The van der Waals surface area contributed by atoms with Gasteiger partial charge in [0, 0.05) is 18.2 Å². The molecule has 2 saturated heterocycles. The maximum absolute atomic E-state index is 12.4. The molecule has 2 heterocycles. The van der Waals surface area contributed by atoms with Gasteiger partial charge in [-0.15, -0.1) is 11.8 Å². The van der Waals surface area contributed by atoms with Gasteiger partial charge in [0.15, 0.2) is 6.29 Å². The van der Waals surface area contributed by atoms with Crippen LogP contribution in [0.15, 0.2) is 41.3 Å². The van der Waals surface area contributed by atoms with Gasteiger partial charge in [-0.3, -0.25) is 4.79 Å². The Morgan fingerprint density at radius 3 is 2.73 bits per heavy atom. The molecule has 118 valence electrons. The maximum atomic E-state index is 12.4. The van der Waals surface area contributed by atoms with E-state index < -0.39 is 18.7 Å². The summed E-state index contributed by atoms with van der Waals surface area (Å²) < 4.78 is 22.5. The number of benzene rings is 1. The zero-order valence-electron chi connectivity index (χ0n) is 12.4. The van der Waals surface area contributed by atoms with Crippen molar-refractivity contribution in [3.63, 3.8) is 0 Å². The van der Waals surface area contributed by atoms with Gasteiger partial charge in [-0.25, -0.2) is 0 Å². The Morgan fingerprint density at radius 2 is 2.05 bits per heavy atom. The second-order valence-corrected chi connectivity index (χ2v) is 5.76. The Hall–Kier alpha value is -1.18. The summed E-state index contributed by atoms with van der Waals surface area (Å²) in [5.74, 6) is -0.188. The highest BCUT2D eigenvalue weighted by molar-refractivity contribution is 8.01. The number of methoxy groups -OCH3 is 1. The number of thioether (sulfide) groups is 1. The van der Waals surface area contributed by atoms with E-state index in [1.54, 1.807) is 0 Å². The molecule has 2 aliphatic heterocycles. The summed E-state index contributed by atoms with van der Waals surface area (Å²) in [4.78, 5) is 12.4. The first-order valence-corrected chi connectivity index (χ1v) is 8.30. The third-order valence-electron chi connectivity index (χ3n) is 3.65. The van der Waals surface area contributed by atoms with Gasteiger partial charge in [0.2, 0.25) is 12.1 Å². The molecule has 3 rings (SSSR count). The summed E-state index contributed by atoms with van der Waals surface area (Å²) in [6.07, 6.45) is -0.268. The largest absolute Gasteiger partial charge is 0.349 e. The van der Waals surface area contributed by atoms with Crippen LogP contribution in [0.25, 0.3) is 0 Å². The Morgan fingerprint density at radius 1 is 1.27 bits per heavy atom. The molecular weight excluding hydrogens is 304 g/mol. The lowest BCUT2D eigenvalue weighted by Gasteiger charge is -2.41. The van der Waals surface area contributed by atoms with Crippen molar-refractivity contribution in [1.29, 1.82) is 0 Å². The van der Waals surface area contributed by atoms with Crippen molar-refractivity contribution < 1.29 is 23.7 Å². The van der Waals surface area contributed by atoms with Crippen molar-refractivity contribution in [3.8, 4) is 0 Å². The summed E-state index contributed by atoms with van der Waals surface area (Å²) in [7, 11) is 1.46. The number of Topliss-reactive ketones (excluding diaryl/α,β-unsaturated/α-hetero) is 1. The predicted molar refractivity (Wildman–Crippen MR) is 82.3 cm³/mol. The Bertz CT molecular complexity index is 559. The van der Waals surface area contributed by atoms with E-state index in [9.17, 15) is 4.79 Å². The minimum Gasteiger partial charge on any atom is -0.349 e. The van der Waals surface area contributed by atoms with Crippen LogP contribution in [-0.4, -0.2) is 44.3 Å². The zero-order chi connectivity index (χ0) is 15.5. The quantitative estimate of drug-likeness (QED) is 0.796. The zero-order valence-corrected chi connectivity index (χ0v) is 13.2. The van der Waals surface area contributed by atoms with Gasteiger partial charge in [0.1, 0.15) is 12.2 Å². The third-order valence-corrected chi connectivity index (χ3v) is 4.14. The maximum Gasteiger partial charge on any atom is 0.222 e. The molecule has 2 fully saturated rings. The molecule has 0 aliphatic carbocycles. The van der Waals surface area contributed by atoms with Crippen LogP contribution < -0.4 is 0 Å². The van der Waals surface area contributed by atoms with Crippen molar-refractivity contribution in [2.75, 3.05) is 20.0 Å². The Balaban J connectivity index is 1.84. The van der Waals surface area contributed by atoms with E-state index in [1.807, 2.05) is 42.0 Å². The van der Waals surface area contributed by atoms with Crippen molar-refractivity contribution in [2.24, 2.45) is 0 Å². The lowest BCUT2D eigenvalue weighted by atomic mass is 9.97. The second-order valence-electron chi connectivity index (χ2n) is 5.05. The van der Waals surface area contributed by atoms with Gasteiger partial charge >= 0.3 is 0 Å². The average Bonchev–Trinajstić information content (AvgIpc) is 2.57. The summed E-state index contributed by atoms with van der Waals surface area (Å²) in [6, 6.07) is 9.66. The molecular formula is C16H18O5S. The van der Waals surface area contributed by atoms with Crippen LogP contribution in [0.4, 0.5) is 0 Å². The summed E-state index contributed by atoms with van der Waals surface area (Å²) >= 11 is 1.46. The number of ether oxygens (including phenoxy) is 4. The fourth-order valence-electron chi connectivity index (χ4n) is 2.61. The molecule has 0 saturated carbocycles. The number of carbonyl (C=O) groups excluding carboxylic acids is 1. The first kappa shape index (κ1) is 15.7. The fraction of sp³-hybridized carbons (Fsp3) is 0.438. The van der Waals surface area contributed by atoms with Crippen LogP contribution in [0, 0.1) is 0 Å². The van der Waals surface area contributed by atoms with Gasteiger partial charge in [0.25, 0.3) is 0 Å². The second kappa shape index (κ2) is 6.93.